The highest BCUT2D eigenvalue weighted by atomic mass is 16.3. The van der Waals surface area contributed by atoms with Crippen molar-refractivity contribution in [2.45, 2.75) is 19.8 Å². The molecular formula is C10H12N2O2. The van der Waals surface area contributed by atoms with E-state index < -0.39 is 0 Å². The molecule has 1 aromatic rings. The zero-order valence-electron chi connectivity index (χ0n) is 7.97. The lowest BCUT2D eigenvalue weighted by Crippen LogP contribution is -1.92. The average molecular weight is 192 g/mol. The van der Waals surface area contributed by atoms with Crippen LogP contribution < -0.4 is 0 Å². The van der Waals surface area contributed by atoms with Crippen LogP contribution in [0.4, 0.5) is 0 Å². The van der Waals surface area contributed by atoms with Gasteiger partial charge >= 0.3 is 0 Å². The standard InChI is InChI=1S/C6H8O2.C4H4N2/c1-4-2-3-5(7)6(4)8;1-2-6-4-3-5-1/h8H,2-3H2,1H3;1-4H. The average Bonchev–Trinajstić information content (AvgIpc) is 2.53. The molecule has 0 aliphatic heterocycles. The van der Waals surface area contributed by atoms with Crippen molar-refractivity contribution in [1.29, 1.82) is 0 Å². The first-order chi connectivity index (χ1) is 6.72. The Morgan fingerprint density at radius 3 is 1.79 bits per heavy atom. The zero-order valence-corrected chi connectivity index (χ0v) is 7.97. The number of aromatic nitrogens is 2. The number of carbonyl (C=O) groups excluding carboxylic acids is 1. The maximum absolute atomic E-state index is 10.5. The SMILES string of the molecule is CC1=C(O)C(=O)CC1.c1cnccn1. The van der Waals surface area contributed by atoms with E-state index in [1.54, 1.807) is 31.7 Å². The highest BCUT2D eigenvalue weighted by molar-refractivity contribution is 5.96. The van der Waals surface area contributed by atoms with E-state index in [2.05, 4.69) is 9.97 Å². The highest BCUT2D eigenvalue weighted by Gasteiger charge is 2.17. The number of Topliss-reactive ketones (excluding diaryl/α,β-unsaturated/α-hetero) is 1. The number of hydrogen-bond donors (Lipinski definition) is 1. The van der Waals surface area contributed by atoms with Gasteiger partial charge < -0.3 is 5.11 Å². The van der Waals surface area contributed by atoms with E-state index in [0.29, 0.717) is 6.42 Å². The van der Waals surface area contributed by atoms with Crippen LogP contribution in [-0.4, -0.2) is 20.9 Å². The first-order valence-electron chi connectivity index (χ1n) is 4.33. The molecule has 0 spiro atoms. The van der Waals surface area contributed by atoms with E-state index >= 15 is 0 Å². The molecule has 14 heavy (non-hydrogen) atoms. The molecule has 1 N–H and O–H groups in total. The minimum absolute atomic E-state index is 0.00926. The van der Waals surface area contributed by atoms with Gasteiger partial charge in [-0.05, 0) is 18.9 Å². The predicted molar refractivity (Wildman–Crippen MR) is 51.6 cm³/mol. The maximum Gasteiger partial charge on any atom is 0.197 e. The molecule has 0 fully saturated rings. The van der Waals surface area contributed by atoms with Crippen molar-refractivity contribution in [3.63, 3.8) is 0 Å². The lowest BCUT2D eigenvalue weighted by Gasteiger charge is -1.85. The van der Waals surface area contributed by atoms with E-state index in [-0.39, 0.29) is 11.5 Å². The molecular weight excluding hydrogens is 180 g/mol. The van der Waals surface area contributed by atoms with E-state index in [9.17, 15) is 4.79 Å². The molecule has 0 aromatic carbocycles. The van der Waals surface area contributed by atoms with Gasteiger partial charge in [0, 0.05) is 31.2 Å². The number of nitrogens with zero attached hydrogens (tertiary/aromatic N) is 2. The first-order valence-corrected chi connectivity index (χ1v) is 4.33. The van der Waals surface area contributed by atoms with E-state index in [1.807, 2.05) is 0 Å². The smallest absolute Gasteiger partial charge is 0.197 e. The summed E-state index contributed by atoms with van der Waals surface area (Å²) in [5.74, 6) is -0.118. The summed E-state index contributed by atoms with van der Waals surface area (Å²) in [5, 5.41) is 8.80. The molecule has 0 saturated carbocycles. The molecule has 0 amide bonds. The Balaban J connectivity index is 0.000000146. The Labute approximate surface area is 82.3 Å². The summed E-state index contributed by atoms with van der Waals surface area (Å²) in [6.45, 7) is 1.78. The van der Waals surface area contributed by atoms with Crippen LogP contribution in [-0.2, 0) is 4.79 Å². The van der Waals surface area contributed by atoms with Gasteiger partial charge in [0.05, 0.1) is 0 Å². The van der Waals surface area contributed by atoms with Crippen LogP contribution in [0.25, 0.3) is 0 Å². The molecule has 2 rings (SSSR count). The van der Waals surface area contributed by atoms with Crippen LogP contribution >= 0.6 is 0 Å². The Hall–Kier alpha value is -1.71. The lowest BCUT2D eigenvalue weighted by atomic mass is 10.3. The summed E-state index contributed by atoms with van der Waals surface area (Å²) in [6.07, 6.45) is 7.79. The fourth-order valence-corrected chi connectivity index (χ4v) is 1.03. The first kappa shape index (κ1) is 10.4. The molecule has 1 heterocycles. The summed E-state index contributed by atoms with van der Waals surface area (Å²) < 4.78 is 0. The van der Waals surface area contributed by atoms with Gasteiger partial charge in [-0.25, -0.2) is 0 Å². The molecule has 0 atom stereocenters. The predicted octanol–water partition coefficient (Wildman–Crippen LogP) is 1.66. The van der Waals surface area contributed by atoms with E-state index in [4.69, 9.17) is 5.11 Å². The van der Waals surface area contributed by atoms with Gasteiger partial charge in [-0.15, -0.1) is 0 Å². The third-order valence-corrected chi connectivity index (χ3v) is 1.87. The van der Waals surface area contributed by atoms with E-state index in [1.165, 1.54) is 0 Å². The number of hydrogen-bond acceptors (Lipinski definition) is 4. The fraction of sp³-hybridized carbons (Fsp3) is 0.300. The van der Waals surface area contributed by atoms with Crippen molar-refractivity contribution in [3.05, 3.63) is 36.1 Å². The molecule has 0 unspecified atom stereocenters. The summed E-state index contributed by atoms with van der Waals surface area (Å²) >= 11 is 0. The maximum atomic E-state index is 10.5. The molecule has 0 radical (unpaired) electrons. The number of rotatable bonds is 0. The lowest BCUT2D eigenvalue weighted by molar-refractivity contribution is -0.117. The van der Waals surface area contributed by atoms with Crippen LogP contribution in [0.15, 0.2) is 36.1 Å². The molecule has 1 aromatic heterocycles. The highest BCUT2D eigenvalue weighted by Crippen LogP contribution is 2.18. The Bertz CT molecular complexity index is 307. The van der Waals surface area contributed by atoms with Gasteiger partial charge in [0.2, 0.25) is 0 Å². The monoisotopic (exact) mass is 192 g/mol. The Kier molecular flexibility index (Phi) is 3.79. The molecule has 0 bridgehead atoms. The van der Waals surface area contributed by atoms with Crippen molar-refractivity contribution in [1.82, 2.24) is 9.97 Å². The van der Waals surface area contributed by atoms with Gasteiger partial charge in [-0.1, -0.05) is 0 Å². The topological polar surface area (TPSA) is 63.1 Å². The van der Waals surface area contributed by atoms with Gasteiger partial charge in [-0.3, -0.25) is 14.8 Å². The number of aliphatic hydroxyl groups is 1. The van der Waals surface area contributed by atoms with Gasteiger partial charge in [0.1, 0.15) is 0 Å². The molecule has 0 saturated heterocycles. The van der Waals surface area contributed by atoms with Crippen molar-refractivity contribution in [2.24, 2.45) is 0 Å². The summed E-state index contributed by atoms with van der Waals surface area (Å²) in [4.78, 5) is 17.9. The number of allylic oxidation sites excluding steroid dienone is 2. The third kappa shape index (κ3) is 2.97. The minimum Gasteiger partial charge on any atom is -0.504 e. The van der Waals surface area contributed by atoms with Crippen LogP contribution in [0.2, 0.25) is 0 Å². The van der Waals surface area contributed by atoms with Crippen molar-refractivity contribution in [3.8, 4) is 0 Å². The summed E-state index contributed by atoms with van der Waals surface area (Å²) in [7, 11) is 0. The van der Waals surface area contributed by atoms with Crippen LogP contribution in [0.1, 0.15) is 19.8 Å². The second kappa shape index (κ2) is 5.11. The number of carbonyl (C=O) groups is 1. The van der Waals surface area contributed by atoms with Crippen molar-refractivity contribution >= 4 is 5.78 Å². The van der Waals surface area contributed by atoms with Crippen LogP contribution in [0.5, 0.6) is 0 Å². The van der Waals surface area contributed by atoms with Crippen molar-refractivity contribution < 1.29 is 9.90 Å². The summed E-state index contributed by atoms with van der Waals surface area (Å²) in [5.41, 5.74) is 0.829. The second-order valence-corrected chi connectivity index (χ2v) is 2.95. The quantitative estimate of drug-likeness (QED) is 0.679. The van der Waals surface area contributed by atoms with Crippen LogP contribution in [0, 0.1) is 0 Å². The van der Waals surface area contributed by atoms with Gasteiger partial charge in [0.25, 0.3) is 0 Å². The molecule has 4 heteroatoms. The number of aliphatic hydroxyl groups excluding tert-OH is 1. The van der Waals surface area contributed by atoms with Crippen LogP contribution in [0.3, 0.4) is 0 Å². The summed E-state index contributed by atoms with van der Waals surface area (Å²) in [6, 6.07) is 0. The third-order valence-electron chi connectivity index (χ3n) is 1.87. The fourth-order valence-electron chi connectivity index (χ4n) is 1.03. The van der Waals surface area contributed by atoms with Gasteiger partial charge in [-0.2, -0.15) is 0 Å². The number of ketones is 1. The zero-order chi connectivity index (χ0) is 10.4. The Morgan fingerprint density at radius 1 is 1.14 bits per heavy atom. The van der Waals surface area contributed by atoms with Crippen molar-refractivity contribution in [2.75, 3.05) is 0 Å². The molecule has 1 aliphatic rings. The van der Waals surface area contributed by atoms with Gasteiger partial charge in [0.15, 0.2) is 11.5 Å². The second-order valence-electron chi connectivity index (χ2n) is 2.95. The Morgan fingerprint density at radius 2 is 1.64 bits per heavy atom. The molecule has 4 nitrogen and oxygen atoms in total. The van der Waals surface area contributed by atoms with E-state index in [0.717, 1.165) is 12.0 Å². The molecule has 1 aliphatic carbocycles. The normalized spacial score (nSPS) is 15.1. The molecule has 74 valence electrons. The largest absolute Gasteiger partial charge is 0.504 e. The minimum atomic E-state index is -0.109.